The van der Waals surface area contributed by atoms with Gasteiger partial charge in [0.1, 0.15) is 11.7 Å². The van der Waals surface area contributed by atoms with E-state index in [4.69, 9.17) is 5.10 Å². The van der Waals surface area contributed by atoms with E-state index in [9.17, 15) is 13.2 Å². The lowest BCUT2D eigenvalue weighted by Crippen LogP contribution is -2.44. The molecular formula is C23H30F3N5. The van der Waals surface area contributed by atoms with E-state index in [0.29, 0.717) is 23.0 Å². The van der Waals surface area contributed by atoms with Gasteiger partial charge in [-0.15, -0.1) is 0 Å². The van der Waals surface area contributed by atoms with Crippen molar-refractivity contribution < 1.29 is 13.2 Å². The molecule has 4 heterocycles. The van der Waals surface area contributed by atoms with E-state index in [1.165, 1.54) is 25.0 Å². The number of hydrogen-bond donors (Lipinski definition) is 1. The molecule has 1 saturated heterocycles. The third kappa shape index (κ3) is 3.83. The van der Waals surface area contributed by atoms with Gasteiger partial charge in [0, 0.05) is 47.6 Å². The molecular weight excluding hydrogens is 403 g/mol. The molecule has 1 unspecified atom stereocenters. The summed E-state index contributed by atoms with van der Waals surface area (Å²) >= 11 is 0. The maximum atomic E-state index is 13.4. The van der Waals surface area contributed by atoms with Crippen molar-refractivity contribution in [2.45, 2.75) is 76.0 Å². The molecule has 2 fully saturated rings. The Balaban J connectivity index is 1.41. The summed E-state index contributed by atoms with van der Waals surface area (Å²) in [6.07, 6.45) is 3.59. The lowest BCUT2D eigenvalue weighted by atomic mass is 9.86. The lowest BCUT2D eigenvalue weighted by Gasteiger charge is -2.41. The third-order valence-corrected chi connectivity index (χ3v) is 7.25. The van der Waals surface area contributed by atoms with Gasteiger partial charge in [0.15, 0.2) is 0 Å². The summed E-state index contributed by atoms with van der Waals surface area (Å²) in [6.45, 7) is 6.30. The van der Waals surface area contributed by atoms with Crippen molar-refractivity contribution in [3.63, 3.8) is 0 Å². The second-order valence-corrected chi connectivity index (χ2v) is 9.52. The van der Waals surface area contributed by atoms with Crippen LogP contribution in [0.3, 0.4) is 0 Å². The van der Waals surface area contributed by atoms with Crippen LogP contribution in [0.2, 0.25) is 0 Å². The van der Waals surface area contributed by atoms with Crippen LogP contribution < -0.4 is 5.32 Å². The topological polar surface area (TPSA) is 46.0 Å². The van der Waals surface area contributed by atoms with Gasteiger partial charge in [-0.2, -0.15) is 18.3 Å². The summed E-state index contributed by atoms with van der Waals surface area (Å²) in [4.78, 5) is 6.90. The second-order valence-electron chi connectivity index (χ2n) is 9.52. The summed E-state index contributed by atoms with van der Waals surface area (Å²) in [5.74, 6) is -0.748. The molecule has 0 radical (unpaired) electrons. The molecule has 0 aromatic carbocycles. The van der Waals surface area contributed by atoms with E-state index in [1.807, 2.05) is 0 Å². The SMILES string of the molecule is CC(C)n1nc(-c2cnc3c(c2)C(C(F)(F)F)CN3)cc1C1CCN(C2CCC2)CC1. The second kappa shape index (κ2) is 7.80. The molecule has 0 bridgehead atoms. The molecule has 5 nitrogen and oxygen atoms in total. The summed E-state index contributed by atoms with van der Waals surface area (Å²) in [5, 5.41) is 7.59. The molecule has 2 aliphatic heterocycles. The number of fused-ring (bicyclic) bond motifs is 1. The molecule has 31 heavy (non-hydrogen) atoms. The molecule has 1 N–H and O–H groups in total. The van der Waals surface area contributed by atoms with Crippen molar-refractivity contribution >= 4 is 5.82 Å². The van der Waals surface area contributed by atoms with Crippen molar-refractivity contribution in [2.24, 2.45) is 0 Å². The first-order valence-corrected chi connectivity index (χ1v) is 11.5. The van der Waals surface area contributed by atoms with Gasteiger partial charge in [-0.05, 0) is 64.8 Å². The average molecular weight is 434 g/mol. The van der Waals surface area contributed by atoms with Gasteiger partial charge in [-0.25, -0.2) is 4.98 Å². The van der Waals surface area contributed by atoms with Crippen LogP contribution in [0.25, 0.3) is 11.3 Å². The summed E-state index contributed by atoms with van der Waals surface area (Å²) in [7, 11) is 0. The molecule has 168 valence electrons. The largest absolute Gasteiger partial charge is 0.397 e. The van der Waals surface area contributed by atoms with Gasteiger partial charge in [-0.3, -0.25) is 4.68 Å². The number of hydrogen-bond acceptors (Lipinski definition) is 4. The molecule has 1 saturated carbocycles. The summed E-state index contributed by atoms with van der Waals surface area (Å²) in [5.41, 5.74) is 2.79. The average Bonchev–Trinajstić information content (AvgIpc) is 3.31. The molecule has 3 aliphatic rings. The normalized spacial score (nSPS) is 23.1. The maximum Gasteiger partial charge on any atom is 0.397 e. The Labute approximate surface area is 181 Å². The Morgan fingerprint density at radius 2 is 1.84 bits per heavy atom. The van der Waals surface area contributed by atoms with Gasteiger partial charge in [-0.1, -0.05) is 6.42 Å². The Kier molecular flexibility index (Phi) is 5.23. The maximum absolute atomic E-state index is 13.4. The Morgan fingerprint density at radius 3 is 2.45 bits per heavy atom. The molecule has 8 heteroatoms. The van der Waals surface area contributed by atoms with Gasteiger partial charge in [0.2, 0.25) is 0 Å². The van der Waals surface area contributed by atoms with Crippen molar-refractivity contribution in [3.8, 4) is 11.3 Å². The fourth-order valence-electron chi connectivity index (χ4n) is 5.22. The molecule has 2 aromatic rings. The zero-order valence-electron chi connectivity index (χ0n) is 18.1. The highest BCUT2D eigenvalue weighted by atomic mass is 19.4. The fourth-order valence-corrected chi connectivity index (χ4v) is 5.22. The fraction of sp³-hybridized carbons (Fsp3) is 0.652. The monoisotopic (exact) mass is 433 g/mol. The van der Waals surface area contributed by atoms with Gasteiger partial charge in [0.05, 0.1) is 5.69 Å². The predicted octanol–water partition coefficient (Wildman–Crippen LogP) is 5.33. The first-order chi connectivity index (χ1) is 14.8. The van der Waals surface area contributed by atoms with Crippen LogP contribution in [0, 0.1) is 0 Å². The lowest BCUT2D eigenvalue weighted by molar-refractivity contribution is -0.145. The van der Waals surface area contributed by atoms with E-state index in [0.717, 1.165) is 32.0 Å². The van der Waals surface area contributed by atoms with Crippen molar-refractivity contribution in [2.75, 3.05) is 25.0 Å². The number of nitrogens with one attached hydrogen (secondary N) is 1. The Bertz CT molecular complexity index is 939. The van der Waals surface area contributed by atoms with E-state index in [2.05, 4.69) is 39.8 Å². The van der Waals surface area contributed by atoms with Crippen molar-refractivity contribution in [1.82, 2.24) is 19.7 Å². The van der Waals surface area contributed by atoms with Crippen LogP contribution in [0.1, 0.15) is 75.1 Å². The van der Waals surface area contributed by atoms with E-state index >= 15 is 0 Å². The number of alkyl halides is 3. The number of rotatable bonds is 4. The number of aromatic nitrogens is 3. The minimum Gasteiger partial charge on any atom is -0.369 e. The smallest absolute Gasteiger partial charge is 0.369 e. The molecule has 2 aromatic heterocycles. The zero-order valence-corrected chi connectivity index (χ0v) is 18.1. The highest BCUT2D eigenvalue weighted by Crippen LogP contribution is 2.43. The quantitative estimate of drug-likeness (QED) is 0.708. The molecule has 1 aliphatic carbocycles. The van der Waals surface area contributed by atoms with Crippen molar-refractivity contribution in [3.05, 3.63) is 29.6 Å². The van der Waals surface area contributed by atoms with E-state index in [-0.39, 0.29) is 18.2 Å². The number of halogens is 3. The number of pyridine rings is 1. The van der Waals surface area contributed by atoms with Crippen LogP contribution in [0.15, 0.2) is 18.3 Å². The Morgan fingerprint density at radius 1 is 1.10 bits per heavy atom. The van der Waals surface area contributed by atoms with Gasteiger partial charge >= 0.3 is 6.18 Å². The summed E-state index contributed by atoms with van der Waals surface area (Å²) < 4.78 is 42.3. The minimum absolute atomic E-state index is 0.152. The molecule has 1 atom stereocenters. The van der Waals surface area contributed by atoms with Crippen LogP contribution in [-0.4, -0.2) is 51.5 Å². The molecule has 0 amide bonds. The van der Waals surface area contributed by atoms with Crippen molar-refractivity contribution in [1.29, 1.82) is 0 Å². The van der Waals surface area contributed by atoms with E-state index < -0.39 is 12.1 Å². The highest BCUT2D eigenvalue weighted by Gasteiger charge is 2.45. The number of likely N-dealkylation sites (tertiary alicyclic amines) is 1. The van der Waals surface area contributed by atoms with Gasteiger partial charge < -0.3 is 10.2 Å². The predicted molar refractivity (Wildman–Crippen MR) is 114 cm³/mol. The van der Waals surface area contributed by atoms with Crippen LogP contribution in [-0.2, 0) is 0 Å². The third-order valence-electron chi connectivity index (χ3n) is 7.25. The number of nitrogens with zero attached hydrogens (tertiary/aromatic N) is 4. The highest BCUT2D eigenvalue weighted by molar-refractivity contribution is 5.65. The van der Waals surface area contributed by atoms with E-state index in [1.54, 1.807) is 12.3 Å². The minimum atomic E-state index is -4.28. The van der Waals surface area contributed by atoms with Crippen LogP contribution >= 0.6 is 0 Å². The Hall–Kier alpha value is -2.09. The van der Waals surface area contributed by atoms with Gasteiger partial charge in [0.25, 0.3) is 0 Å². The molecule has 0 spiro atoms. The first-order valence-electron chi connectivity index (χ1n) is 11.5. The van der Waals surface area contributed by atoms with Crippen LogP contribution in [0.5, 0.6) is 0 Å². The number of piperidine rings is 1. The zero-order chi connectivity index (χ0) is 21.8. The summed E-state index contributed by atoms with van der Waals surface area (Å²) in [6, 6.07) is 4.67. The van der Waals surface area contributed by atoms with Crippen LogP contribution in [0.4, 0.5) is 19.0 Å². The first kappa shape index (κ1) is 20.8. The molecule has 5 rings (SSSR count). The standard InChI is InChI=1S/C23H30F3N5/c1-14(2)31-21(15-6-8-30(9-7-15)17-4-3-5-17)11-20(29-31)16-10-18-19(23(24,25)26)13-28-22(18)27-12-16/h10-12,14-15,17,19H,3-9,13H2,1-2H3,(H,27,28). The number of anilines is 1.